The fourth-order valence-corrected chi connectivity index (χ4v) is 3.37. The Balaban J connectivity index is 1.99. The molecule has 1 unspecified atom stereocenters. The van der Waals surface area contributed by atoms with Crippen LogP contribution in [-0.4, -0.2) is 5.11 Å². The molecule has 0 saturated heterocycles. The number of benzene rings is 2. The standard InChI is InChI=1S/C15H11Br2ClO2/c16-8-1-3-12(18)10(5-8)15-7-13(19)11-6-9(17)2-4-14(11)20-15/h1-6,13,15,19H,7H2/t13-,15?/m0/s1. The molecule has 0 aliphatic carbocycles. The Morgan fingerprint density at radius 1 is 1.05 bits per heavy atom. The Kier molecular flexibility index (Phi) is 4.09. The average molecular weight is 419 g/mol. The first-order chi connectivity index (χ1) is 9.54. The Bertz CT molecular complexity index is 660. The number of rotatable bonds is 1. The van der Waals surface area contributed by atoms with Crippen molar-refractivity contribution in [2.75, 3.05) is 0 Å². The van der Waals surface area contributed by atoms with Crippen molar-refractivity contribution in [3.8, 4) is 5.75 Å². The highest BCUT2D eigenvalue weighted by atomic mass is 79.9. The molecule has 2 aromatic rings. The lowest BCUT2D eigenvalue weighted by Crippen LogP contribution is -2.19. The molecule has 0 bridgehead atoms. The molecular formula is C15H11Br2ClO2. The van der Waals surface area contributed by atoms with E-state index in [0.29, 0.717) is 17.2 Å². The van der Waals surface area contributed by atoms with E-state index in [1.165, 1.54) is 0 Å². The first-order valence-electron chi connectivity index (χ1n) is 6.13. The summed E-state index contributed by atoms with van der Waals surface area (Å²) in [7, 11) is 0. The Labute approximate surface area is 139 Å². The molecular weight excluding hydrogens is 407 g/mol. The molecule has 1 aliphatic heterocycles. The predicted molar refractivity (Wildman–Crippen MR) is 86.2 cm³/mol. The summed E-state index contributed by atoms with van der Waals surface area (Å²) in [6.45, 7) is 0. The molecule has 1 N–H and O–H groups in total. The molecule has 104 valence electrons. The van der Waals surface area contributed by atoms with Gasteiger partial charge < -0.3 is 9.84 Å². The van der Waals surface area contributed by atoms with Crippen molar-refractivity contribution < 1.29 is 9.84 Å². The molecule has 1 aliphatic rings. The number of ether oxygens (including phenoxy) is 1. The minimum atomic E-state index is -0.559. The van der Waals surface area contributed by atoms with E-state index in [9.17, 15) is 5.11 Å². The topological polar surface area (TPSA) is 29.5 Å². The van der Waals surface area contributed by atoms with Crippen molar-refractivity contribution in [1.82, 2.24) is 0 Å². The molecule has 0 saturated carbocycles. The molecule has 2 aromatic carbocycles. The Morgan fingerprint density at radius 3 is 2.45 bits per heavy atom. The summed E-state index contributed by atoms with van der Waals surface area (Å²) >= 11 is 13.1. The third-order valence-corrected chi connectivity index (χ3v) is 4.67. The fourth-order valence-electron chi connectivity index (χ4n) is 2.37. The van der Waals surface area contributed by atoms with Crippen molar-refractivity contribution in [2.24, 2.45) is 0 Å². The van der Waals surface area contributed by atoms with Gasteiger partial charge in [0.05, 0.1) is 6.10 Å². The van der Waals surface area contributed by atoms with Crippen LogP contribution in [-0.2, 0) is 0 Å². The van der Waals surface area contributed by atoms with E-state index in [2.05, 4.69) is 31.9 Å². The van der Waals surface area contributed by atoms with Crippen molar-refractivity contribution in [3.05, 3.63) is 61.5 Å². The molecule has 2 nitrogen and oxygen atoms in total. The van der Waals surface area contributed by atoms with Crippen molar-refractivity contribution in [3.63, 3.8) is 0 Å². The fraction of sp³-hybridized carbons (Fsp3) is 0.200. The summed E-state index contributed by atoms with van der Waals surface area (Å²) in [4.78, 5) is 0. The summed E-state index contributed by atoms with van der Waals surface area (Å²) in [5, 5.41) is 11.0. The predicted octanol–water partition coefficient (Wildman–Crippen LogP) is 5.42. The largest absolute Gasteiger partial charge is 0.485 e. The highest BCUT2D eigenvalue weighted by Crippen LogP contribution is 2.43. The molecule has 1 heterocycles. The van der Waals surface area contributed by atoms with Crippen LogP contribution in [0.25, 0.3) is 0 Å². The van der Waals surface area contributed by atoms with Gasteiger partial charge in [0.25, 0.3) is 0 Å². The SMILES string of the molecule is O[C@H]1CC(c2cc(Br)ccc2Cl)Oc2ccc(Br)cc21. The van der Waals surface area contributed by atoms with Gasteiger partial charge in [-0.1, -0.05) is 43.5 Å². The molecule has 0 spiro atoms. The number of aliphatic hydroxyl groups excluding tert-OH is 1. The number of hydrogen-bond acceptors (Lipinski definition) is 2. The number of halogens is 3. The number of aliphatic hydroxyl groups is 1. The van der Waals surface area contributed by atoms with Crippen LogP contribution in [0, 0.1) is 0 Å². The third-order valence-electron chi connectivity index (χ3n) is 3.34. The zero-order valence-electron chi connectivity index (χ0n) is 10.3. The lowest BCUT2D eigenvalue weighted by Gasteiger charge is -2.30. The monoisotopic (exact) mass is 416 g/mol. The molecule has 2 atom stereocenters. The van der Waals surface area contributed by atoms with E-state index in [0.717, 1.165) is 20.1 Å². The van der Waals surface area contributed by atoms with Crippen LogP contribution in [0.2, 0.25) is 5.02 Å². The number of fused-ring (bicyclic) bond motifs is 1. The maximum atomic E-state index is 10.3. The van der Waals surface area contributed by atoms with Gasteiger partial charge in [0.15, 0.2) is 0 Å². The molecule has 0 amide bonds. The van der Waals surface area contributed by atoms with E-state index in [1.807, 2.05) is 36.4 Å². The van der Waals surface area contributed by atoms with Gasteiger partial charge in [-0.15, -0.1) is 0 Å². The average Bonchev–Trinajstić information content (AvgIpc) is 2.42. The van der Waals surface area contributed by atoms with E-state index >= 15 is 0 Å². The molecule has 3 rings (SSSR count). The van der Waals surface area contributed by atoms with E-state index in [1.54, 1.807) is 0 Å². The summed E-state index contributed by atoms with van der Waals surface area (Å²) in [6.07, 6.45) is -0.320. The summed E-state index contributed by atoms with van der Waals surface area (Å²) < 4.78 is 7.86. The van der Waals surface area contributed by atoms with Gasteiger partial charge in [0.1, 0.15) is 11.9 Å². The first-order valence-corrected chi connectivity index (χ1v) is 8.10. The van der Waals surface area contributed by atoms with E-state index in [4.69, 9.17) is 16.3 Å². The van der Waals surface area contributed by atoms with Gasteiger partial charge in [-0.3, -0.25) is 0 Å². The van der Waals surface area contributed by atoms with Crippen molar-refractivity contribution in [1.29, 1.82) is 0 Å². The van der Waals surface area contributed by atoms with Gasteiger partial charge in [-0.25, -0.2) is 0 Å². The minimum absolute atomic E-state index is 0.247. The highest BCUT2D eigenvalue weighted by Gasteiger charge is 2.29. The summed E-state index contributed by atoms with van der Waals surface area (Å²) in [5.41, 5.74) is 1.69. The van der Waals surface area contributed by atoms with E-state index in [-0.39, 0.29) is 6.10 Å². The maximum Gasteiger partial charge on any atom is 0.128 e. The molecule has 20 heavy (non-hydrogen) atoms. The van der Waals surface area contributed by atoms with Crippen LogP contribution in [0.5, 0.6) is 5.75 Å². The second-order valence-electron chi connectivity index (χ2n) is 4.71. The highest BCUT2D eigenvalue weighted by molar-refractivity contribution is 9.10. The zero-order valence-corrected chi connectivity index (χ0v) is 14.2. The minimum Gasteiger partial charge on any atom is -0.485 e. The first kappa shape index (κ1) is 14.4. The molecule has 5 heteroatoms. The van der Waals surface area contributed by atoms with Crippen molar-refractivity contribution >= 4 is 43.5 Å². The summed E-state index contributed by atoms with van der Waals surface area (Å²) in [5.74, 6) is 0.702. The van der Waals surface area contributed by atoms with Crippen LogP contribution in [0.15, 0.2) is 45.3 Å². The van der Waals surface area contributed by atoms with Gasteiger partial charge >= 0.3 is 0 Å². The van der Waals surface area contributed by atoms with Gasteiger partial charge in [-0.2, -0.15) is 0 Å². The van der Waals surface area contributed by atoms with E-state index < -0.39 is 6.10 Å². The lowest BCUT2D eigenvalue weighted by molar-refractivity contribution is 0.0657. The molecule has 0 fully saturated rings. The van der Waals surface area contributed by atoms with Crippen LogP contribution >= 0.6 is 43.5 Å². The molecule has 0 aromatic heterocycles. The molecule has 0 radical (unpaired) electrons. The zero-order chi connectivity index (χ0) is 14.3. The van der Waals surface area contributed by atoms with Crippen LogP contribution < -0.4 is 4.74 Å². The van der Waals surface area contributed by atoms with Crippen LogP contribution in [0.4, 0.5) is 0 Å². The number of hydrogen-bond donors (Lipinski definition) is 1. The third kappa shape index (κ3) is 2.75. The van der Waals surface area contributed by atoms with Crippen LogP contribution in [0.3, 0.4) is 0 Å². The second-order valence-corrected chi connectivity index (χ2v) is 6.94. The van der Waals surface area contributed by atoms with Gasteiger partial charge in [0, 0.05) is 31.5 Å². The maximum absolute atomic E-state index is 10.3. The van der Waals surface area contributed by atoms with Gasteiger partial charge in [0.2, 0.25) is 0 Å². The van der Waals surface area contributed by atoms with Crippen molar-refractivity contribution in [2.45, 2.75) is 18.6 Å². The Hall–Kier alpha value is -0.550. The smallest absolute Gasteiger partial charge is 0.128 e. The Morgan fingerprint density at radius 2 is 1.70 bits per heavy atom. The normalized spacial score (nSPS) is 21.2. The quantitative estimate of drug-likeness (QED) is 0.670. The van der Waals surface area contributed by atoms with Crippen LogP contribution in [0.1, 0.15) is 29.8 Å². The lowest BCUT2D eigenvalue weighted by atomic mass is 9.95. The summed E-state index contributed by atoms with van der Waals surface area (Å²) in [6, 6.07) is 11.3. The second kappa shape index (κ2) is 5.68. The van der Waals surface area contributed by atoms with Gasteiger partial charge in [-0.05, 0) is 36.4 Å².